The highest BCUT2D eigenvalue weighted by Gasteiger charge is 2.29. The Hall–Kier alpha value is -1.63. The minimum atomic E-state index is -0.130. The molecule has 0 aliphatic carbocycles. The highest BCUT2D eigenvalue weighted by Crippen LogP contribution is 2.23. The molecule has 1 aromatic rings. The van der Waals surface area contributed by atoms with Crippen LogP contribution in [0.2, 0.25) is 0 Å². The Kier molecular flexibility index (Phi) is 6.38. The van der Waals surface area contributed by atoms with Crippen LogP contribution < -0.4 is 10.1 Å². The summed E-state index contributed by atoms with van der Waals surface area (Å²) in [5, 5.41) is 3.38. The number of carbonyl (C=O) groups excluding carboxylic acids is 1. The van der Waals surface area contributed by atoms with Gasteiger partial charge in [0.1, 0.15) is 11.4 Å². The molecule has 1 aliphatic rings. The first kappa shape index (κ1) is 17.7. The zero-order chi connectivity index (χ0) is 16.8. The summed E-state index contributed by atoms with van der Waals surface area (Å²) in [6, 6.07) is 5.59. The summed E-state index contributed by atoms with van der Waals surface area (Å²) in [5.41, 5.74) is 2.19. The third-order valence-corrected chi connectivity index (χ3v) is 4.06. The van der Waals surface area contributed by atoms with Crippen LogP contribution in [0.15, 0.2) is 23.9 Å². The number of rotatable bonds is 7. The van der Waals surface area contributed by atoms with Crippen LogP contribution in [-0.4, -0.2) is 43.3 Å². The van der Waals surface area contributed by atoms with E-state index in [1.807, 2.05) is 18.2 Å². The molecular weight excluding hydrogens is 336 g/mol. The third kappa shape index (κ3) is 4.22. The van der Waals surface area contributed by atoms with Crippen LogP contribution in [-0.2, 0) is 15.4 Å². The molecule has 0 atom stereocenters. The van der Waals surface area contributed by atoms with Crippen molar-refractivity contribution in [3.05, 3.63) is 35.0 Å². The van der Waals surface area contributed by atoms with Crippen molar-refractivity contribution in [2.75, 3.05) is 27.4 Å². The smallest absolute Gasteiger partial charge is 0.276 e. The average Bonchev–Trinajstić information content (AvgIpc) is 2.82. The van der Waals surface area contributed by atoms with Crippen molar-refractivity contribution in [1.82, 2.24) is 10.2 Å². The van der Waals surface area contributed by atoms with E-state index >= 15 is 0 Å². The van der Waals surface area contributed by atoms with Gasteiger partial charge in [0, 0.05) is 25.8 Å². The molecule has 0 aromatic heterocycles. The van der Waals surface area contributed by atoms with E-state index in [-0.39, 0.29) is 5.91 Å². The number of nitrogens with one attached hydrogen (secondary N) is 1. The summed E-state index contributed by atoms with van der Waals surface area (Å²) >= 11 is 11.1. The molecule has 1 aliphatic heterocycles. The molecular formula is C16H19ClN2O3S. The fraction of sp³-hybridized carbons (Fsp3) is 0.375. The van der Waals surface area contributed by atoms with E-state index in [1.165, 1.54) is 0 Å². The van der Waals surface area contributed by atoms with Gasteiger partial charge in [0.25, 0.3) is 5.91 Å². The Balaban J connectivity index is 2.17. The summed E-state index contributed by atoms with van der Waals surface area (Å²) in [5.74, 6) is 0.933. The summed E-state index contributed by atoms with van der Waals surface area (Å²) in [6.45, 7) is 1.12. The van der Waals surface area contributed by atoms with Gasteiger partial charge in [-0.2, -0.15) is 0 Å². The minimum Gasteiger partial charge on any atom is -0.496 e. The highest BCUT2D eigenvalue weighted by molar-refractivity contribution is 7.80. The quantitative estimate of drug-likeness (QED) is 0.353. The maximum absolute atomic E-state index is 12.4. The molecule has 2 rings (SSSR count). The van der Waals surface area contributed by atoms with Crippen LogP contribution in [0.4, 0.5) is 0 Å². The van der Waals surface area contributed by atoms with E-state index < -0.39 is 0 Å². The number of thiocarbonyl (C=S) groups is 1. The van der Waals surface area contributed by atoms with Crippen molar-refractivity contribution in [2.45, 2.75) is 12.3 Å². The average molecular weight is 355 g/mol. The molecule has 0 saturated carbocycles. The molecule has 0 spiro atoms. The van der Waals surface area contributed by atoms with Crippen LogP contribution in [0.25, 0.3) is 6.08 Å². The number of halogens is 1. The van der Waals surface area contributed by atoms with Crippen LogP contribution in [0, 0.1) is 0 Å². The van der Waals surface area contributed by atoms with Crippen molar-refractivity contribution in [1.29, 1.82) is 0 Å². The third-order valence-electron chi connectivity index (χ3n) is 3.45. The van der Waals surface area contributed by atoms with Gasteiger partial charge >= 0.3 is 0 Å². The van der Waals surface area contributed by atoms with Crippen molar-refractivity contribution in [2.24, 2.45) is 0 Å². The second-order valence-corrected chi connectivity index (χ2v) is 5.65. The second-order valence-electron chi connectivity index (χ2n) is 5.00. The van der Waals surface area contributed by atoms with Crippen molar-refractivity contribution in [3.8, 4) is 5.75 Å². The van der Waals surface area contributed by atoms with E-state index in [1.54, 1.807) is 25.2 Å². The Bertz CT molecular complexity index is 634. The topological polar surface area (TPSA) is 50.8 Å². The number of hydrogen-bond donors (Lipinski definition) is 1. The standard InChI is InChI=1S/C16H19ClN2O3S/c1-21-7-3-6-19-15(20)13(18-16(19)23)9-11-4-5-14(22-2)12(8-11)10-17/h4-5,8-9H,3,6-7,10H2,1-2H3,(H,18,23)/b13-9+. The van der Waals surface area contributed by atoms with Crippen molar-refractivity contribution >= 4 is 40.9 Å². The fourth-order valence-electron chi connectivity index (χ4n) is 2.30. The van der Waals surface area contributed by atoms with Crippen LogP contribution >= 0.6 is 23.8 Å². The molecule has 1 saturated heterocycles. The Morgan fingerprint density at radius 2 is 2.17 bits per heavy atom. The second kappa shape index (κ2) is 8.29. The summed E-state index contributed by atoms with van der Waals surface area (Å²) < 4.78 is 10.2. The van der Waals surface area contributed by atoms with Gasteiger partial charge in [-0.1, -0.05) is 6.07 Å². The maximum atomic E-state index is 12.4. The Morgan fingerprint density at radius 3 is 2.83 bits per heavy atom. The minimum absolute atomic E-state index is 0.130. The molecule has 124 valence electrons. The first-order chi connectivity index (χ1) is 11.1. The summed E-state index contributed by atoms with van der Waals surface area (Å²) in [6.07, 6.45) is 2.50. The fourth-order valence-corrected chi connectivity index (χ4v) is 2.79. The van der Waals surface area contributed by atoms with Gasteiger partial charge < -0.3 is 14.8 Å². The SMILES string of the molecule is COCCCN1C(=O)/C(=C\c2ccc(OC)c(CCl)c2)NC1=S. The molecule has 7 heteroatoms. The predicted molar refractivity (Wildman–Crippen MR) is 94.5 cm³/mol. The zero-order valence-electron chi connectivity index (χ0n) is 13.1. The molecule has 0 radical (unpaired) electrons. The molecule has 1 aromatic carbocycles. The highest BCUT2D eigenvalue weighted by atomic mass is 35.5. The largest absolute Gasteiger partial charge is 0.496 e. The van der Waals surface area contributed by atoms with Gasteiger partial charge in [-0.3, -0.25) is 9.69 Å². The molecule has 0 unspecified atom stereocenters. The number of benzene rings is 1. The number of amides is 1. The van der Waals surface area contributed by atoms with Gasteiger partial charge in [0.05, 0.1) is 13.0 Å². The Morgan fingerprint density at radius 1 is 1.39 bits per heavy atom. The lowest BCUT2D eigenvalue weighted by Crippen LogP contribution is -2.32. The zero-order valence-corrected chi connectivity index (χ0v) is 14.7. The van der Waals surface area contributed by atoms with Gasteiger partial charge in [0.2, 0.25) is 0 Å². The lowest BCUT2D eigenvalue weighted by atomic mass is 10.1. The van der Waals surface area contributed by atoms with E-state index in [0.29, 0.717) is 29.8 Å². The molecule has 1 fully saturated rings. The maximum Gasteiger partial charge on any atom is 0.276 e. The normalized spacial score (nSPS) is 16.1. The van der Waals surface area contributed by atoms with E-state index in [2.05, 4.69) is 5.32 Å². The molecule has 1 amide bonds. The van der Waals surface area contributed by atoms with Crippen LogP contribution in [0.3, 0.4) is 0 Å². The first-order valence-electron chi connectivity index (χ1n) is 7.17. The van der Waals surface area contributed by atoms with Gasteiger partial charge in [-0.05, 0) is 42.4 Å². The Labute approximate surface area is 146 Å². The van der Waals surface area contributed by atoms with Gasteiger partial charge in [0.15, 0.2) is 5.11 Å². The predicted octanol–water partition coefficient (Wildman–Crippen LogP) is 2.53. The lowest BCUT2D eigenvalue weighted by molar-refractivity contribution is -0.122. The van der Waals surface area contributed by atoms with Crippen LogP contribution in [0.5, 0.6) is 5.75 Å². The van der Waals surface area contributed by atoms with E-state index in [4.69, 9.17) is 33.3 Å². The number of alkyl halides is 1. The first-order valence-corrected chi connectivity index (χ1v) is 8.11. The van der Waals surface area contributed by atoms with Crippen molar-refractivity contribution in [3.63, 3.8) is 0 Å². The molecule has 1 N–H and O–H groups in total. The summed E-state index contributed by atoms with van der Waals surface area (Å²) in [7, 11) is 3.23. The molecule has 23 heavy (non-hydrogen) atoms. The molecule has 0 bridgehead atoms. The number of carbonyl (C=O) groups is 1. The summed E-state index contributed by atoms with van der Waals surface area (Å²) in [4.78, 5) is 14.0. The number of ether oxygens (including phenoxy) is 2. The van der Waals surface area contributed by atoms with Crippen molar-refractivity contribution < 1.29 is 14.3 Å². The van der Waals surface area contributed by atoms with E-state index in [9.17, 15) is 4.79 Å². The monoisotopic (exact) mass is 354 g/mol. The van der Waals surface area contributed by atoms with E-state index in [0.717, 1.165) is 23.3 Å². The number of methoxy groups -OCH3 is 2. The molecule has 5 nitrogen and oxygen atoms in total. The number of nitrogens with zero attached hydrogens (tertiary/aromatic N) is 1. The number of hydrogen-bond acceptors (Lipinski definition) is 4. The van der Waals surface area contributed by atoms with Crippen LogP contribution in [0.1, 0.15) is 17.5 Å². The molecule has 1 heterocycles. The lowest BCUT2D eigenvalue weighted by Gasteiger charge is -2.13. The van der Waals surface area contributed by atoms with Gasteiger partial charge in [-0.15, -0.1) is 11.6 Å². The van der Waals surface area contributed by atoms with Gasteiger partial charge in [-0.25, -0.2) is 0 Å².